The lowest BCUT2D eigenvalue weighted by Gasteiger charge is -2.29. The highest BCUT2D eigenvalue weighted by Crippen LogP contribution is 2.32. The standard InChI is InChI=1S/C19H24F3N3O4S/c1-3-12-13-15(27)24(4-2)18(29)25(10-7-19(20,21)22)17(13)30-14(12)16(28)23-8-5-11(26)6-9-23/h11,26H,3-10H2,1-2H3. The van der Waals surface area contributed by atoms with Crippen molar-refractivity contribution in [2.24, 2.45) is 0 Å². The monoisotopic (exact) mass is 447 g/mol. The Kier molecular flexibility index (Phi) is 6.42. The van der Waals surface area contributed by atoms with Crippen molar-refractivity contribution in [2.45, 2.75) is 64.9 Å². The van der Waals surface area contributed by atoms with E-state index in [2.05, 4.69) is 0 Å². The molecular formula is C19H24F3N3O4S. The van der Waals surface area contributed by atoms with Crippen molar-refractivity contribution in [3.05, 3.63) is 31.3 Å². The molecular weight excluding hydrogens is 423 g/mol. The van der Waals surface area contributed by atoms with Gasteiger partial charge >= 0.3 is 11.9 Å². The molecule has 3 heterocycles. The summed E-state index contributed by atoms with van der Waals surface area (Å²) in [6.07, 6.45) is -4.93. The van der Waals surface area contributed by atoms with Crippen molar-refractivity contribution < 1.29 is 23.1 Å². The van der Waals surface area contributed by atoms with Gasteiger partial charge in [-0.05, 0) is 31.7 Å². The van der Waals surface area contributed by atoms with Gasteiger partial charge in [0, 0.05) is 26.2 Å². The second kappa shape index (κ2) is 8.54. The van der Waals surface area contributed by atoms with E-state index in [0.717, 1.165) is 20.5 Å². The number of rotatable bonds is 5. The summed E-state index contributed by atoms with van der Waals surface area (Å²) in [5, 5.41) is 9.82. The van der Waals surface area contributed by atoms with Crippen LogP contribution in [0.1, 0.15) is 48.3 Å². The molecule has 7 nitrogen and oxygen atoms in total. The van der Waals surface area contributed by atoms with Crippen LogP contribution < -0.4 is 11.2 Å². The zero-order chi connectivity index (χ0) is 22.2. The van der Waals surface area contributed by atoms with E-state index < -0.39 is 36.5 Å². The van der Waals surface area contributed by atoms with Crippen molar-refractivity contribution >= 4 is 27.5 Å². The number of amides is 1. The van der Waals surface area contributed by atoms with Crippen molar-refractivity contribution in [2.75, 3.05) is 13.1 Å². The highest BCUT2D eigenvalue weighted by atomic mass is 32.1. The van der Waals surface area contributed by atoms with E-state index in [4.69, 9.17) is 0 Å². The van der Waals surface area contributed by atoms with E-state index in [1.165, 1.54) is 0 Å². The fourth-order valence-corrected chi connectivity index (χ4v) is 5.13. The average Bonchev–Trinajstić information content (AvgIpc) is 3.07. The zero-order valence-electron chi connectivity index (χ0n) is 16.8. The molecule has 166 valence electrons. The third-order valence-corrected chi connectivity index (χ3v) is 6.63. The van der Waals surface area contributed by atoms with Crippen LogP contribution in [0.4, 0.5) is 13.2 Å². The molecule has 1 aliphatic rings. The molecule has 0 aromatic carbocycles. The average molecular weight is 447 g/mol. The maximum absolute atomic E-state index is 13.1. The van der Waals surface area contributed by atoms with Gasteiger partial charge < -0.3 is 10.0 Å². The number of likely N-dealkylation sites (tertiary alicyclic amines) is 1. The van der Waals surface area contributed by atoms with Crippen molar-refractivity contribution in [1.82, 2.24) is 14.0 Å². The van der Waals surface area contributed by atoms with Gasteiger partial charge in [-0.2, -0.15) is 13.2 Å². The quantitative estimate of drug-likeness (QED) is 0.763. The van der Waals surface area contributed by atoms with Gasteiger partial charge in [0.15, 0.2) is 0 Å². The van der Waals surface area contributed by atoms with Gasteiger partial charge in [-0.1, -0.05) is 6.92 Å². The minimum absolute atomic E-state index is 0.0198. The summed E-state index contributed by atoms with van der Waals surface area (Å²) >= 11 is 0.904. The topological polar surface area (TPSA) is 84.5 Å². The van der Waals surface area contributed by atoms with Crippen LogP contribution in [-0.2, 0) is 19.5 Å². The maximum atomic E-state index is 13.1. The molecule has 2 aromatic heterocycles. The highest BCUT2D eigenvalue weighted by Gasteiger charge is 2.31. The number of hydrogen-bond donors (Lipinski definition) is 1. The van der Waals surface area contributed by atoms with Crippen LogP contribution >= 0.6 is 11.3 Å². The summed E-state index contributed by atoms with van der Waals surface area (Å²) in [5.74, 6) is -0.322. The molecule has 3 rings (SSSR count). The molecule has 0 radical (unpaired) electrons. The fraction of sp³-hybridized carbons (Fsp3) is 0.632. The number of carbonyl (C=O) groups excluding carboxylic acids is 1. The summed E-state index contributed by atoms with van der Waals surface area (Å²) in [5.41, 5.74) is -0.927. The molecule has 11 heteroatoms. The van der Waals surface area contributed by atoms with Gasteiger partial charge in [-0.3, -0.25) is 18.7 Å². The minimum atomic E-state index is -4.46. The van der Waals surface area contributed by atoms with Crippen LogP contribution in [0.15, 0.2) is 9.59 Å². The van der Waals surface area contributed by atoms with Gasteiger partial charge in [0.25, 0.3) is 11.5 Å². The fourth-order valence-electron chi connectivity index (χ4n) is 3.75. The summed E-state index contributed by atoms with van der Waals surface area (Å²) < 4.78 is 40.4. The van der Waals surface area contributed by atoms with Gasteiger partial charge in [0.1, 0.15) is 4.83 Å². The first-order chi connectivity index (χ1) is 14.1. The van der Waals surface area contributed by atoms with Crippen LogP contribution in [0.25, 0.3) is 10.2 Å². The van der Waals surface area contributed by atoms with E-state index in [0.29, 0.717) is 37.9 Å². The Morgan fingerprint density at radius 1 is 1.17 bits per heavy atom. The Labute approximate surface area is 174 Å². The Morgan fingerprint density at radius 2 is 1.80 bits per heavy atom. The first-order valence-electron chi connectivity index (χ1n) is 9.92. The number of aromatic nitrogens is 2. The Morgan fingerprint density at radius 3 is 2.33 bits per heavy atom. The lowest BCUT2D eigenvalue weighted by atomic mass is 10.1. The number of aliphatic hydroxyl groups excluding tert-OH is 1. The SMILES string of the molecule is CCc1c(C(=O)N2CCC(O)CC2)sc2c1c(=O)n(CC)c(=O)n2CCC(F)(F)F. The zero-order valence-corrected chi connectivity index (χ0v) is 17.6. The number of aliphatic hydroxyl groups is 1. The number of aryl methyl sites for hydroxylation is 2. The normalized spacial score (nSPS) is 15.9. The first kappa shape index (κ1) is 22.5. The molecule has 0 aliphatic carbocycles. The molecule has 1 aliphatic heterocycles. The lowest BCUT2D eigenvalue weighted by Crippen LogP contribution is -2.40. The third-order valence-electron chi connectivity index (χ3n) is 5.39. The third kappa shape index (κ3) is 4.18. The van der Waals surface area contributed by atoms with Crippen molar-refractivity contribution in [3.8, 4) is 0 Å². The first-order valence-corrected chi connectivity index (χ1v) is 10.7. The molecule has 0 atom stereocenters. The highest BCUT2D eigenvalue weighted by molar-refractivity contribution is 7.20. The van der Waals surface area contributed by atoms with Crippen LogP contribution in [0.3, 0.4) is 0 Å². The number of alkyl halides is 3. The smallest absolute Gasteiger partial charge is 0.390 e. The number of fused-ring (bicyclic) bond motifs is 1. The van der Waals surface area contributed by atoms with Gasteiger partial charge in [-0.15, -0.1) is 11.3 Å². The largest absolute Gasteiger partial charge is 0.393 e. The second-order valence-electron chi connectivity index (χ2n) is 7.32. The van der Waals surface area contributed by atoms with Crippen LogP contribution in [0.2, 0.25) is 0 Å². The molecule has 0 saturated carbocycles. The molecule has 1 N–H and O–H groups in total. The summed E-state index contributed by atoms with van der Waals surface area (Å²) in [4.78, 5) is 40.7. The van der Waals surface area contributed by atoms with E-state index in [-0.39, 0.29) is 27.5 Å². The molecule has 1 saturated heterocycles. The van der Waals surface area contributed by atoms with Gasteiger partial charge in [0.05, 0.1) is 22.8 Å². The predicted octanol–water partition coefficient (Wildman–Crippen LogP) is 2.36. The van der Waals surface area contributed by atoms with Crippen molar-refractivity contribution in [1.29, 1.82) is 0 Å². The van der Waals surface area contributed by atoms with E-state index in [9.17, 15) is 32.7 Å². The Hall–Kier alpha value is -2.14. The molecule has 1 amide bonds. The second-order valence-corrected chi connectivity index (χ2v) is 8.31. The summed E-state index contributed by atoms with van der Waals surface area (Å²) in [6, 6.07) is 0. The Bertz CT molecular complexity index is 1060. The van der Waals surface area contributed by atoms with Crippen molar-refractivity contribution in [3.63, 3.8) is 0 Å². The number of halogens is 3. The summed E-state index contributed by atoms with van der Waals surface area (Å²) in [6.45, 7) is 3.46. The van der Waals surface area contributed by atoms with Crippen LogP contribution in [0.5, 0.6) is 0 Å². The Balaban J connectivity index is 2.19. The molecule has 30 heavy (non-hydrogen) atoms. The minimum Gasteiger partial charge on any atom is -0.393 e. The predicted molar refractivity (Wildman–Crippen MR) is 107 cm³/mol. The van der Waals surface area contributed by atoms with E-state index >= 15 is 0 Å². The number of carbonyl (C=O) groups is 1. The van der Waals surface area contributed by atoms with E-state index in [1.54, 1.807) is 18.7 Å². The van der Waals surface area contributed by atoms with E-state index in [1.807, 2.05) is 0 Å². The van der Waals surface area contributed by atoms with Gasteiger partial charge in [0.2, 0.25) is 0 Å². The number of thiophene rings is 1. The number of nitrogens with zero attached hydrogens (tertiary/aromatic N) is 3. The maximum Gasteiger partial charge on any atom is 0.390 e. The molecule has 1 fully saturated rings. The number of hydrogen-bond acceptors (Lipinski definition) is 5. The summed E-state index contributed by atoms with van der Waals surface area (Å²) in [7, 11) is 0. The number of piperidine rings is 1. The molecule has 0 unspecified atom stereocenters. The van der Waals surface area contributed by atoms with Crippen LogP contribution in [-0.4, -0.2) is 50.4 Å². The molecule has 2 aromatic rings. The molecule has 0 spiro atoms. The molecule has 0 bridgehead atoms. The van der Waals surface area contributed by atoms with Crippen LogP contribution in [0, 0.1) is 0 Å². The lowest BCUT2D eigenvalue weighted by molar-refractivity contribution is -0.136. The van der Waals surface area contributed by atoms with Gasteiger partial charge in [-0.25, -0.2) is 4.79 Å².